The Morgan fingerprint density at radius 2 is 1.84 bits per heavy atom. The van der Waals surface area contributed by atoms with Crippen LogP contribution in [-0.4, -0.2) is 27.6 Å². The lowest BCUT2D eigenvalue weighted by Gasteiger charge is -2.13. The van der Waals surface area contributed by atoms with E-state index in [0.29, 0.717) is 11.1 Å². The van der Waals surface area contributed by atoms with Crippen molar-refractivity contribution >= 4 is 49.8 Å². The van der Waals surface area contributed by atoms with E-state index < -0.39 is 16.0 Å². The minimum atomic E-state index is -4.12. The van der Waals surface area contributed by atoms with Gasteiger partial charge in [-0.25, -0.2) is 5.43 Å². The standard InChI is InChI=1S/C22H18BrClN2O5S/c1-14-6-8-18(9-7-14)32(28,29)31-21-19(24)10-15(11-20(21)30-2)13-25-26-22(27)16-4-3-5-17(23)12-16/h3-13H,1-2H3,(H,26,27)/b25-13-. The van der Waals surface area contributed by atoms with Crippen molar-refractivity contribution in [2.24, 2.45) is 5.10 Å². The third-order valence-electron chi connectivity index (χ3n) is 4.22. The minimum Gasteiger partial charge on any atom is -0.493 e. The molecule has 1 amide bonds. The van der Waals surface area contributed by atoms with Gasteiger partial charge in [0.15, 0.2) is 5.75 Å². The van der Waals surface area contributed by atoms with Crippen LogP contribution in [-0.2, 0) is 10.1 Å². The van der Waals surface area contributed by atoms with Crippen molar-refractivity contribution in [3.05, 3.63) is 86.8 Å². The third-order valence-corrected chi connectivity index (χ3v) is 6.23. The number of ether oxygens (including phenoxy) is 1. The molecule has 0 spiro atoms. The molecular weight excluding hydrogens is 520 g/mol. The van der Waals surface area contributed by atoms with E-state index in [0.717, 1.165) is 10.0 Å². The fourth-order valence-corrected chi connectivity index (χ4v) is 4.28. The fourth-order valence-electron chi connectivity index (χ4n) is 2.62. The number of rotatable bonds is 7. The minimum absolute atomic E-state index is 0.000182. The highest BCUT2D eigenvalue weighted by Crippen LogP contribution is 2.38. The lowest BCUT2D eigenvalue weighted by molar-refractivity contribution is 0.0955. The number of nitrogens with one attached hydrogen (secondary N) is 1. The summed E-state index contributed by atoms with van der Waals surface area (Å²) >= 11 is 9.57. The summed E-state index contributed by atoms with van der Waals surface area (Å²) in [6.45, 7) is 1.85. The molecule has 0 atom stereocenters. The zero-order chi connectivity index (χ0) is 23.3. The lowest BCUT2D eigenvalue weighted by Crippen LogP contribution is -2.17. The molecule has 166 valence electrons. The summed E-state index contributed by atoms with van der Waals surface area (Å²) in [6.07, 6.45) is 1.35. The van der Waals surface area contributed by atoms with Gasteiger partial charge < -0.3 is 8.92 Å². The highest BCUT2D eigenvalue weighted by molar-refractivity contribution is 9.10. The number of amides is 1. The van der Waals surface area contributed by atoms with Crippen LogP contribution in [0.15, 0.2) is 75.1 Å². The van der Waals surface area contributed by atoms with Gasteiger partial charge in [0, 0.05) is 10.0 Å². The van der Waals surface area contributed by atoms with Crippen LogP contribution in [0.4, 0.5) is 0 Å². The van der Waals surface area contributed by atoms with Gasteiger partial charge in [-0.3, -0.25) is 4.79 Å². The largest absolute Gasteiger partial charge is 0.493 e. The lowest BCUT2D eigenvalue weighted by atomic mass is 10.2. The first kappa shape index (κ1) is 23.8. The molecule has 3 aromatic rings. The van der Waals surface area contributed by atoms with Gasteiger partial charge in [0.1, 0.15) is 4.90 Å². The van der Waals surface area contributed by atoms with Gasteiger partial charge in [0.2, 0.25) is 5.75 Å². The first-order valence-corrected chi connectivity index (χ1v) is 11.7. The molecule has 32 heavy (non-hydrogen) atoms. The molecule has 7 nitrogen and oxygen atoms in total. The number of hydrazone groups is 1. The summed E-state index contributed by atoms with van der Waals surface area (Å²) in [4.78, 5) is 12.1. The molecule has 10 heteroatoms. The molecule has 0 aromatic heterocycles. The van der Waals surface area contributed by atoms with E-state index in [1.807, 2.05) is 6.92 Å². The van der Waals surface area contributed by atoms with E-state index in [-0.39, 0.29) is 21.4 Å². The molecule has 0 aliphatic heterocycles. The second-order valence-corrected chi connectivity index (χ2v) is 9.46. The summed E-state index contributed by atoms with van der Waals surface area (Å²) in [6, 6.07) is 16.0. The molecule has 0 saturated carbocycles. The Morgan fingerprint density at radius 3 is 2.50 bits per heavy atom. The average molecular weight is 538 g/mol. The van der Waals surface area contributed by atoms with Gasteiger partial charge in [0.05, 0.1) is 18.3 Å². The Balaban J connectivity index is 1.79. The zero-order valence-corrected chi connectivity index (χ0v) is 20.2. The second kappa shape index (κ2) is 10.2. The van der Waals surface area contributed by atoms with Crippen LogP contribution in [0.2, 0.25) is 5.02 Å². The Kier molecular flexibility index (Phi) is 7.55. The Hall–Kier alpha value is -2.88. The van der Waals surface area contributed by atoms with E-state index in [1.54, 1.807) is 36.4 Å². The van der Waals surface area contributed by atoms with Crippen LogP contribution in [0.1, 0.15) is 21.5 Å². The molecule has 0 bridgehead atoms. The predicted octanol–water partition coefficient (Wildman–Crippen LogP) is 4.95. The number of hydrogen-bond donors (Lipinski definition) is 1. The molecular formula is C22H18BrClN2O5S. The fraction of sp³-hybridized carbons (Fsp3) is 0.0909. The van der Waals surface area contributed by atoms with E-state index in [2.05, 4.69) is 26.5 Å². The number of benzene rings is 3. The monoisotopic (exact) mass is 536 g/mol. The normalized spacial score (nSPS) is 11.4. The van der Waals surface area contributed by atoms with E-state index in [4.69, 9.17) is 20.5 Å². The summed E-state index contributed by atoms with van der Waals surface area (Å²) in [7, 11) is -2.77. The molecule has 0 aliphatic carbocycles. The summed E-state index contributed by atoms with van der Waals surface area (Å²) < 4.78 is 36.5. The van der Waals surface area contributed by atoms with E-state index in [1.165, 1.54) is 37.6 Å². The average Bonchev–Trinajstić information content (AvgIpc) is 2.75. The molecule has 1 N–H and O–H groups in total. The van der Waals surface area contributed by atoms with Crippen molar-refractivity contribution in [1.82, 2.24) is 5.43 Å². The predicted molar refractivity (Wildman–Crippen MR) is 126 cm³/mol. The van der Waals surface area contributed by atoms with Gasteiger partial charge in [-0.15, -0.1) is 0 Å². The number of aryl methyl sites for hydroxylation is 1. The molecule has 0 unspecified atom stereocenters. The quantitative estimate of drug-likeness (QED) is 0.261. The molecule has 0 saturated heterocycles. The smallest absolute Gasteiger partial charge is 0.339 e. The molecule has 0 heterocycles. The number of methoxy groups -OCH3 is 1. The zero-order valence-electron chi connectivity index (χ0n) is 17.0. The number of hydrogen-bond acceptors (Lipinski definition) is 6. The van der Waals surface area contributed by atoms with Crippen LogP contribution >= 0.6 is 27.5 Å². The molecule has 0 fully saturated rings. The maximum atomic E-state index is 12.6. The summed E-state index contributed by atoms with van der Waals surface area (Å²) in [5.41, 5.74) is 4.21. The highest BCUT2D eigenvalue weighted by atomic mass is 79.9. The van der Waals surface area contributed by atoms with Crippen molar-refractivity contribution in [1.29, 1.82) is 0 Å². The Labute approximate surface area is 199 Å². The highest BCUT2D eigenvalue weighted by Gasteiger charge is 2.22. The van der Waals surface area contributed by atoms with Gasteiger partial charge in [-0.2, -0.15) is 13.5 Å². The van der Waals surface area contributed by atoms with E-state index in [9.17, 15) is 13.2 Å². The van der Waals surface area contributed by atoms with Gasteiger partial charge in [-0.05, 0) is 55.0 Å². The first-order chi connectivity index (χ1) is 15.2. The van der Waals surface area contributed by atoms with Crippen LogP contribution in [0.3, 0.4) is 0 Å². The summed E-state index contributed by atoms with van der Waals surface area (Å²) in [5, 5.41) is 3.91. The number of carbonyl (C=O) groups excluding carboxylic acids is 1. The van der Waals surface area contributed by atoms with Crippen LogP contribution < -0.4 is 14.3 Å². The maximum Gasteiger partial charge on any atom is 0.339 e. The van der Waals surface area contributed by atoms with Crippen molar-refractivity contribution in [3.8, 4) is 11.5 Å². The van der Waals surface area contributed by atoms with Gasteiger partial charge in [-0.1, -0.05) is 51.3 Å². The third kappa shape index (κ3) is 5.87. The number of nitrogens with zero attached hydrogens (tertiary/aromatic N) is 1. The SMILES string of the molecule is COc1cc(/C=N\NC(=O)c2cccc(Br)c2)cc(Cl)c1OS(=O)(=O)c1ccc(C)cc1. The second-order valence-electron chi connectivity index (χ2n) is 6.59. The van der Waals surface area contributed by atoms with Gasteiger partial charge in [0.25, 0.3) is 5.91 Å². The molecule has 3 rings (SSSR count). The van der Waals surface area contributed by atoms with Crippen LogP contribution in [0, 0.1) is 6.92 Å². The Bertz CT molecular complexity index is 1280. The molecule has 0 aliphatic rings. The first-order valence-electron chi connectivity index (χ1n) is 9.17. The topological polar surface area (TPSA) is 94.1 Å². The Morgan fingerprint density at radius 1 is 1.12 bits per heavy atom. The van der Waals surface area contributed by atoms with Crippen molar-refractivity contribution in [2.75, 3.05) is 7.11 Å². The number of carbonyl (C=O) groups is 1. The van der Waals surface area contributed by atoms with Crippen LogP contribution in [0.25, 0.3) is 0 Å². The van der Waals surface area contributed by atoms with Crippen molar-refractivity contribution in [3.63, 3.8) is 0 Å². The van der Waals surface area contributed by atoms with E-state index >= 15 is 0 Å². The van der Waals surface area contributed by atoms with Gasteiger partial charge >= 0.3 is 10.1 Å². The van der Waals surface area contributed by atoms with Crippen LogP contribution in [0.5, 0.6) is 11.5 Å². The summed E-state index contributed by atoms with van der Waals surface area (Å²) in [5.74, 6) is -0.456. The maximum absolute atomic E-state index is 12.6. The van der Waals surface area contributed by atoms with Crippen molar-refractivity contribution in [2.45, 2.75) is 11.8 Å². The molecule has 0 radical (unpaired) electrons. The van der Waals surface area contributed by atoms with Crippen molar-refractivity contribution < 1.29 is 22.1 Å². The molecule has 3 aromatic carbocycles. The number of halogens is 2.